The summed E-state index contributed by atoms with van der Waals surface area (Å²) in [6.45, 7) is 2.45. The number of methoxy groups -OCH3 is 1. The van der Waals surface area contributed by atoms with Crippen LogP contribution in [0.1, 0.15) is 24.1 Å². The van der Waals surface area contributed by atoms with Crippen LogP contribution in [0.5, 0.6) is 11.5 Å². The van der Waals surface area contributed by atoms with Crippen molar-refractivity contribution in [1.82, 2.24) is 10.6 Å². The Morgan fingerprint density at radius 3 is 2.96 bits per heavy atom. The minimum atomic E-state index is -0.185. The van der Waals surface area contributed by atoms with Crippen LogP contribution in [0.2, 0.25) is 0 Å². The molecule has 2 N–H and O–H groups in total. The van der Waals surface area contributed by atoms with Crippen molar-refractivity contribution in [2.45, 2.75) is 25.4 Å². The van der Waals surface area contributed by atoms with Crippen molar-refractivity contribution < 1.29 is 14.3 Å². The van der Waals surface area contributed by atoms with Crippen LogP contribution in [0.25, 0.3) is 0 Å². The highest BCUT2D eigenvalue weighted by atomic mass is 16.5. The molecule has 0 bridgehead atoms. The van der Waals surface area contributed by atoms with Gasteiger partial charge in [0.1, 0.15) is 18.1 Å². The molecular weight excluding hydrogens is 304 g/mol. The minimum Gasteiger partial charge on any atom is -0.497 e. The van der Waals surface area contributed by atoms with Crippen LogP contribution in [0.4, 0.5) is 4.79 Å². The van der Waals surface area contributed by atoms with E-state index in [9.17, 15) is 4.79 Å². The number of rotatable bonds is 5. The van der Waals surface area contributed by atoms with E-state index in [-0.39, 0.29) is 18.1 Å². The lowest BCUT2D eigenvalue weighted by Gasteiger charge is -2.17. The molecule has 1 heterocycles. The molecule has 24 heavy (non-hydrogen) atoms. The van der Waals surface area contributed by atoms with Crippen molar-refractivity contribution in [2.24, 2.45) is 0 Å². The molecule has 0 spiro atoms. The topological polar surface area (TPSA) is 59.6 Å². The first-order chi connectivity index (χ1) is 11.7. The third-order valence-electron chi connectivity index (χ3n) is 4.06. The zero-order valence-electron chi connectivity index (χ0n) is 13.9. The first-order valence-electron chi connectivity index (χ1n) is 8.07. The zero-order valence-corrected chi connectivity index (χ0v) is 13.9. The summed E-state index contributed by atoms with van der Waals surface area (Å²) in [6.07, 6.45) is 0.738. The average Bonchev–Trinajstić information content (AvgIpc) is 2.98. The number of hydrogen-bond acceptors (Lipinski definition) is 3. The summed E-state index contributed by atoms with van der Waals surface area (Å²) in [7, 11) is 1.65. The quantitative estimate of drug-likeness (QED) is 0.888. The van der Waals surface area contributed by atoms with Gasteiger partial charge < -0.3 is 20.1 Å². The maximum Gasteiger partial charge on any atom is 0.315 e. The van der Waals surface area contributed by atoms with Crippen molar-refractivity contribution in [3.8, 4) is 11.5 Å². The van der Waals surface area contributed by atoms with E-state index in [1.165, 1.54) is 0 Å². The number of ether oxygens (including phenoxy) is 2. The second-order valence-corrected chi connectivity index (χ2v) is 5.98. The van der Waals surface area contributed by atoms with Crippen molar-refractivity contribution in [2.75, 3.05) is 13.7 Å². The van der Waals surface area contributed by atoms with Crippen molar-refractivity contribution in [1.29, 1.82) is 0 Å². The van der Waals surface area contributed by atoms with Gasteiger partial charge in [0.05, 0.1) is 13.2 Å². The Bertz CT molecular complexity index is 717. The monoisotopic (exact) mass is 326 g/mol. The second kappa shape index (κ2) is 7.25. The molecule has 2 amide bonds. The van der Waals surface area contributed by atoms with Gasteiger partial charge in [0.2, 0.25) is 0 Å². The molecule has 1 aliphatic rings. The third-order valence-corrected chi connectivity index (χ3v) is 4.06. The van der Waals surface area contributed by atoms with Gasteiger partial charge in [-0.05, 0) is 37.1 Å². The summed E-state index contributed by atoms with van der Waals surface area (Å²) in [5.41, 5.74) is 2.14. The van der Waals surface area contributed by atoms with Gasteiger partial charge in [-0.25, -0.2) is 4.79 Å². The minimum absolute atomic E-state index is 0.00895. The molecule has 3 rings (SSSR count). The molecule has 2 aromatic rings. The van der Waals surface area contributed by atoms with Gasteiger partial charge in [-0.2, -0.15) is 0 Å². The number of benzene rings is 2. The molecule has 0 radical (unpaired) electrons. The molecule has 0 saturated carbocycles. The SMILES string of the molecule is COc1cccc(CC(C)NC(=O)NC2COc3ccccc32)c1. The molecule has 0 fully saturated rings. The lowest BCUT2D eigenvalue weighted by Crippen LogP contribution is -2.43. The van der Waals surface area contributed by atoms with Gasteiger partial charge in [0, 0.05) is 11.6 Å². The normalized spacial score (nSPS) is 16.7. The summed E-state index contributed by atoms with van der Waals surface area (Å²) in [5, 5.41) is 5.95. The largest absolute Gasteiger partial charge is 0.497 e. The summed E-state index contributed by atoms with van der Waals surface area (Å²) >= 11 is 0. The van der Waals surface area contributed by atoms with E-state index in [2.05, 4.69) is 10.6 Å². The van der Waals surface area contributed by atoms with Gasteiger partial charge in [0.15, 0.2) is 0 Å². The number of nitrogens with one attached hydrogen (secondary N) is 2. The van der Waals surface area contributed by atoms with Crippen LogP contribution in [0.3, 0.4) is 0 Å². The Balaban J connectivity index is 1.53. The van der Waals surface area contributed by atoms with Gasteiger partial charge in [-0.1, -0.05) is 30.3 Å². The smallest absolute Gasteiger partial charge is 0.315 e. The highest BCUT2D eigenvalue weighted by molar-refractivity contribution is 5.75. The van der Waals surface area contributed by atoms with Gasteiger partial charge in [-0.3, -0.25) is 0 Å². The van der Waals surface area contributed by atoms with Crippen molar-refractivity contribution >= 4 is 6.03 Å². The van der Waals surface area contributed by atoms with Crippen LogP contribution in [0.15, 0.2) is 48.5 Å². The van der Waals surface area contributed by atoms with Crippen LogP contribution in [-0.4, -0.2) is 25.8 Å². The van der Waals surface area contributed by atoms with Crippen molar-refractivity contribution in [3.05, 3.63) is 59.7 Å². The maximum atomic E-state index is 12.2. The van der Waals surface area contributed by atoms with E-state index in [0.29, 0.717) is 6.61 Å². The van der Waals surface area contributed by atoms with Crippen LogP contribution < -0.4 is 20.1 Å². The lowest BCUT2D eigenvalue weighted by molar-refractivity contribution is 0.229. The van der Waals surface area contributed by atoms with E-state index < -0.39 is 0 Å². The molecule has 0 aliphatic carbocycles. The number of amides is 2. The highest BCUT2D eigenvalue weighted by Gasteiger charge is 2.25. The maximum absolute atomic E-state index is 12.2. The number of carbonyl (C=O) groups excluding carboxylic acids is 1. The summed E-state index contributed by atoms with van der Waals surface area (Å²) < 4.78 is 10.8. The lowest BCUT2D eigenvalue weighted by atomic mass is 10.1. The number of hydrogen-bond donors (Lipinski definition) is 2. The summed E-state index contributed by atoms with van der Waals surface area (Å²) in [4.78, 5) is 12.2. The van der Waals surface area contributed by atoms with E-state index in [0.717, 1.165) is 29.0 Å². The molecule has 2 aromatic carbocycles. The van der Waals surface area contributed by atoms with E-state index in [1.54, 1.807) is 7.11 Å². The van der Waals surface area contributed by atoms with E-state index in [1.807, 2.05) is 55.5 Å². The van der Waals surface area contributed by atoms with Crippen LogP contribution in [0, 0.1) is 0 Å². The number of carbonyl (C=O) groups is 1. The van der Waals surface area contributed by atoms with Crippen LogP contribution in [-0.2, 0) is 6.42 Å². The van der Waals surface area contributed by atoms with Crippen molar-refractivity contribution in [3.63, 3.8) is 0 Å². The zero-order chi connectivity index (χ0) is 16.9. The van der Waals surface area contributed by atoms with Crippen LogP contribution >= 0.6 is 0 Å². The van der Waals surface area contributed by atoms with E-state index >= 15 is 0 Å². The Morgan fingerprint density at radius 2 is 2.12 bits per heavy atom. The Morgan fingerprint density at radius 1 is 1.29 bits per heavy atom. The molecule has 2 unspecified atom stereocenters. The Kier molecular flexibility index (Phi) is 4.89. The standard InChI is InChI=1S/C19H22N2O3/c1-13(10-14-6-5-7-15(11-14)23-2)20-19(22)21-17-12-24-18-9-4-3-8-16(17)18/h3-9,11,13,17H,10,12H2,1-2H3,(H2,20,21,22). The number of para-hydroxylation sites is 1. The molecule has 5 heteroatoms. The fraction of sp³-hybridized carbons (Fsp3) is 0.316. The predicted octanol–water partition coefficient (Wildman–Crippen LogP) is 3.06. The average molecular weight is 326 g/mol. The van der Waals surface area contributed by atoms with Gasteiger partial charge >= 0.3 is 6.03 Å². The first-order valence-corrected chi connectivity index (χ1v) is 8.07. The first kappa shape index (κ1) is 16.2. The molecule has 5 nitrogen and oxygen atoms in total. The highest BCUT2D eigenvalue weighted by Crippen LogP contribution is 2.31. The van der Waals surface area contributed by atoms with E-state index in [4.69, 9.17) is 9.47 Å². The Labute approximate surface area is 142 Å². The Hall–Kier alpha value is -2.69. The molecular formula is C19H22N2O3. The molecule has 2 atom stereocenters. The number of fused-ring (bicyclic) bond motifs is 1. The third kappa shape index (κ3) is 3.79. The van der Waals surface area contributed by atoms with Gasteiger partial charge in [-0.15, -0.1) is 0 Å². The predicted molar refractivity (Wildman–Crippen MR) is 92.5 cm³/mol. The molecule has 126 valence electrons. The number of urea groups is 1. The fourth-order valence-electron chi connectivity index (χ4n) is 2.91. The summed E-state index contributed by atoms with van der Waals surface area (Å²) in [6, 6.07) is 15.4. The molecule has 1 aliphatic heterocycles. The molecule has 0 saturated heterocycles. The van der Waals surface area contributed by atoms with Gasteiger partial charge in [0.25, 0.3) is 0 Å². The summed E-state index contributed by atoms with van der Waals surface area (Å²) in [5.74, 6) is 1.66. The fourth-order valence-corrected chi connectivity index (χ4v) is 2.91. The molecule has 0 aromatic heterocycles. The second-order valence-electron chi connectivity index (χ2n) is 5.98.